The van der Waals surface area contributed by atoms with Crippen LogP contribution in [0.3, 0.4) is 0 Å². The Kier molecular flexibility index (Phi) is 3.81. The van der Waals surface area contributed by atoms with E-state index in [-0.39, 0.29) is 11.5 Å². The van der Waals surface area contributed by atoms with E-state index in [4.69, 9.17) is 0 Å². The monoisotopic (exact) mass is 366 g/mol. The lowest BCUT2D eigenvalue weighted by atomic mass is 9.55. The van der Waals surface area contributed by atoms with E-state index in [1.165, 1.54) is 28.0 Å². The second-order valence-electron chi connectivity index (χ2n) is 8.68. The van der Waals surface area contributed by atoms with Crippen molar-refractivity contribution in [3.8, 4) is 5.75 Å². The number of benzene rings is 1. The lowest BCUT2D eigenvalue weighted by Crippen LogP contribution is -2.44. The maximum atomic E-state index is 11.2. The molecule has 1 heterocycles. The summed E-state index contributed by atoms with van der Waals surface area (Å²) in [4.78, 5) is 1.25. The number of rotatable bonds is 1. The van der Waals surface area contributed by atoms with Crippen molar-refractivity contribution in [2.24, 2.45) is 17.3 Å². The predicted molar refractivity (Wildman–Crippen MR) is 106 cm³/mol. The molecule has 0 saturated heterocycles. The van der Waals surface area contributed by atoms with Gasteiger partial charge in [-0.1, -0.05) is 19.1 Å². The Hall–Kier alpha value is -1.58. The Balaban J connectivity index is 1.49. The summed E-state index contributed by atoms with van der Waals surface area (Å²) in [6.07, 6.45) is 7.43. The second-order valence-corrected chi connectivity index (χ2v) is 9.66. The molecule has 3 unspecified atom stereocenters. The highest BCUT2D eigenvalue weighted by Gasteiger charge is 2.56. The van der Waals surface area contributed by atoms with Crippen LogP contribution in [0.25, 0.3) is 6.08 Å². The standard InChI is InChI=1S/C23H26O2S/c1-23-9-8-19-18-7-5-16(24)11-14(18)4-6-20(19)21(23)13-15(22(23)25)12-17-3-2-10-26-17/h2-3,5,7,10-12,19-22,24-25H,4,6,8-9,13H2,1H3/b15-12+/t19?,20?,21?,22-,23-/m0/s1. The molecule has 2 fully saturated rings. The second kappa shape index (κ2) is 5.97. The molecule has 5 atom stereocenters. The third kappa shape index (κ3) is 2.40. The number of phenols is 1. The van der Waals surface area contributed by atoms with Crippen LogP contribution in [0, 0.1) is 17.3 Å². The predicted octanol–water partition coefficient (Wildman–Crippen LogP) is 5.36. The number of fused-ring (bicyclic) bond motifs is 5. The topological polar surface area (TPSA) is 40.5 Å². The summed E-state index contributed by atoms with van der Waals surface area (Å²) >= 11 is 1.75. The quantitative estimate of drug-likeness (QED) is 0.713. The minimum absolute atomic E-state index is 0.0126. The summed E-state index contributed by atoms with van der Waals surface area (Å²) in [5.74, 6) is 2.19. The number of hydrogen-bond acceptors (Lipinski definition) is 3. The molecule has 1 aromatic heterocycles. The number of aromatic hydroxyl groups is 1. The molecule has 26 heavy (non-hydrogen) atoms. The third-order valence-corrected chi connectivity index (χ3v) is 8.27. The van der Waals surface area contributed by atoms with E-state index < -0.39 is 0 Å². The van der Waals surface area contributed by atoms with Crippen molar-refractivity contribution in [1.29, 1.82) is 0 Å². The summed E-state index contributed by atoms with van der Waals surface area (Å²) in [5, 5.41) is 23.1. The van der Waals surface area contributed by atoms with Crippen LogP contribution in [0.1, 0.15) is 54.5 Å². The Morgan fingerprint density at radius 3 is 2.92 bits per heavy atom. The van der Waals surface area contributed by atoms with Crippen molar-refractivity contribution >= 4 is 17.4 Å². The van der Waals surface area contributed by atoms with Crippen molar-refractivity contribution in [3.05, 3.63) is 57.3 Å². The molecular formula is C23H26O2S. The minimum Gasteiger partial charge on any atom is -0.508 e. The molecule has 0 amide bonds. The van der Waals surface area contributed by atoms with Gasteiger partial charge in [-0.25, -0.2) is 0 Å². The highest BCUT2D eigenvalue weighted by molar-refractivity contribution is 7.10. The zero-order valence-electron chi connectivity index (χ0n) is 15.2. The number of hydrogen-bond donors (Lipinski definition) is 2. The van der Waals surface area contributed by atoms with Gasteiger partial charge in [0.1, 0.15) is 5.75 Å². The smallest absolute Gasteiger partial charge is 0.115 e. The first-order valence-corrected chi connectivity index (χ1v) is 10.7. The number of phenolic OH excluding ortho intramolecular Hbond substituents is 1. The average Bonchev–Trinajstić information content (AvgIpc) is 3.23. The van der Waals surface area contributed by atoms with Crippen molar-refractivity contribution in [1.82, 2.24) is 0 Å². The van der Waals surface area contributed by atoms with Crippen molar-refractivity contribution < 1.29 is 10.2 Å². The molecule has 2 N–H and O–H groups in total. The molecule has 0 bridgehead atoms. The number of thiophene rings is 1. The van der Waals surface area contributed by atoms with Gasteiger partial charge in [0.2, 0.25) is 0 Å². The largest absolute Gasteiger partial charge is 0.508 e. The summed E-state index contributed by atoms with van der Waals surface area (Å²) in [5.41, 5.74) is 4.03. The third-order valence-electron chi connectivity index (χ3n) is 7.45. The van der Waals surface area contributed by atoms with Gasteiger partial charge < -0.3 is 10.2 Å². The molecular weight excluding hydrogens is 340 g/mol. The number of aliphatic hydroxyl groups is 1. The van der Waals surface area contributed by atoms with E-state index in [2.05, 4.69) is 36.6 Å². The SMILES string of the molecule is C[C@]12CCC3c4ccc(O)cc4CCC3C1C/C(=C\c1cccs1)[C@@H]2O. The fourth-order valence-electron chi connectivity index (χ4n) is 6.12. The van der Waals surface area contributed by atoms with Gasteiger partial charge in [-0.2, -0.15) is 0 Å². The lowest BCUT2D eigenvalue weighted by Gasteiger charge is -2.49. The highest BCUT2D eigenvalue weighted by atomic mass is 32.1. The highest BCUT2D eigenvalue weighted by Crippen LogP contribution is 2.62. The maximum Gasteiger partial charge on any atom is 0.115 e. The zero-order valence-corrected chi connectivity index (χ0v) is 16.0. The Morgan fingerprint density at radius 2 is 2.12 bits per heavy atom. The normalized spacial score (nSPS) is 37.2. The van der Waals surface area contributed by atoms with Gasteiger partial charge in [0.25, 0.3) is 0 Å². The molecule has 5 rings (SSSR count). The molecule has 0 radical (unpaired) electrons. The van der Waals surface area contributed by atoms with Crippen LogP contribution in [-0.2, 0) is 6.42 Å². The molecule has 3 aliphatic rings. The first kappa shape index (κ1) is 16.6. The molecule has 3 aliphatic carbocycles. The van der Waals surface area contributed by atoms with Gasteiger partial charge >= 0.3 is 0 Å². The summed E-state index contributed by atoms with van der Waals surface area (Å²) < 4.78 is 0. The maximum absolute atomic E-state index is 11.2. The molecule has 3 heteroatoms. The van der Waals surface area contributed by atoms with Crippen LogP contribution in [0.4, 0.5) is 0 Å². The fraction of sp³-hybridized carbons (Fsp3) is 0.478. The van der Waals surface area contributed by atoms with Crippen molar-refractivity contribution in [2.75, 3.05) is 0 Å². The van der Waals surface area contributed by atoms with Gasteiger partial charge in [0, 0.05) is 10.3 Å². The molecule has 2 saturated carbocycles. The van der Waals surface area contributed by atoms with Gasteiger partial charge in [-0.3, -0.25) is 0 Å². The first-order chi connectivity index (χ1) is 12.6. The van der Waals surface area contributed by atoms with E-state index in [0.29, 0.717) is 23.5 Å². The van der Waals surface area contributed by atoms with Crippen LogP contribution in [-0.4, -0.2) is 16.3 Å². The van der Waals surface area contributed by atoms with Crippen LogP contribution in [0.2, 0.25) is 0 Å². The molecule has 0 aliphatic heterocycles. The Labute approximate surface area is 159 Å². The molecule has 1 aromatic carbocycles. The first-order valence-electron chi connectivity index (χ1n) is 9.80. The molecule has 2 aromatic rings. The summed E-state index contributed by atoms with van der Waals surface area (Å²) in [7, 11) is 0. The summed E-state index contributed by atoms with van der Waals surface area (Å²) in [6.45, 7) is 2.32. The van der Waals surface area contributed by atoms with E-state index >= 15 is 0 Å². The molecule has 2 nitrogen and oxygen atoms in total. The lowest BCUT2D eigenvalue weighted by molar-refractivity contribution is -0.0158. The Morgan fingerprint density at radius 1 is 1.23 bits per heavy atom. The fourth-order valence-corrected chi connectivity index (χ4v) is 6.81. The van der Waals surface area contributed by atoms with Crippen LogP contribution in [0.15, 0.2) is 41.3 Å². The van der Waals surface area contributed by atoms with E-state index in [0.717, 1.165) is 25.7 Å². The van der Waals surface area contributed by atoms with Gasteiger partial charge in [0.15, 0.2) is 0 Å². The summed E-state index contributed by atoms with van der Waals surface area (Å²) in [6, 6.07) is 10.2. The average molecular weight is 367 g/mol. The number of aryl methyl sites for hydroxylation is 1. The molecule has 136 valence electrons. The van der Waals surface area contributed by atoms with Gasteiger partial charge in [-0.15, -0.1) is 11.3 Å². The Bertz CT molecular complexity index is 853. The van der Waals surface area contributed by atoms with Crippen LogP contribution < -0.4 is 0 Å². The van der Waals surface area contributed by atoms with Crippen LogP contribution >= 0.6 is 11.3 Å². The zero-order chi connectivity index (χ0) is 17.9. The van der Waals surface area contributed by atoms with Crippen molar-refractivity contribution in [3.63, 3.8) is 0 Å². The molecule has 0 spiro atoms. The van der Waals surface area contributed by atoms with E-state index in [1.807, 2.05) is 12.1 Å². The van der Waals surface area contributed by atoms with Crippen LogP contribution in [0.5, 0.6) is 5.75 Å². The van der Waals surface area contributed by atoms with Gasteiger partial charge in [-0.05, 0) is 96.2 Å². The van der Waals surface area contributed by atoms with Gasteiger partial charge in [0.05, 0.1) is 6.10 Å². The van der Waals surface area contributed by atoms with E-state index in [1.54, 1.807) is 11.3 Å². The number of aliphatic hydroxyl groups excluding tert-OH is 1. The van der Waals surface area contributed by atoms with E-state index in [9.17, 15) is 10.2 Å². The van der Waals surface area contributed by atoms with Crippen molar-refractivity contribution in [2.45, 2.75) is 51.0 Å². The minimum atomic E-state index is -0.309.